The van der Waals surface area contributed by atoms with Crippen molar-refractivity contribution in [2.75, 3.05) is 32.1 Å². The number of allylic oxidation sites excluding steroid dienone is 1. The summed E-state index contributed by atoms with van der Waals surface area (Å²) >= 11 is 0. The van der Waals surface area contributed by atoms with Crippen molar-refractivity contribution in [2.45, 2.75) is 31.2 Å². The number of amidine groups is 1. The third-order valence-corrected chi connectivity index (χ3v) is 5.79. The van der Waals surface area contributed by atoms with Crippen molar-refractivity contribution in [3.05, 3.63) is 53.4 Å². The maximum Gasteiger partial charge on any atom is 0.253 e. The molecule has 1 amide bonds. The molecule has 172 valence electrons. The quantitative estimate of drug-likeness (QED) is 0.235. The number of carbonyl (C=O) groups is 1. The Morgan fingerprint density at radius 1 is 1.34 bits per heavy atom. The molecule has 1 saturated heterocycles. The summed E-state index contributed by atoms with van der Waals surface area (Å²) in [5.74, 6) is 0.415. The van der Waals surface area contributed by atoms with Gasteiger partial charge >= 0.3 is 0 Å². The molecule has 0 atom stereocenters. The molecule has 0 bridgehead atoms. The van der Waals surface area contributed by atoms with Crippen LogP contribution in [0.4, 0.5) is 10.1 Å². The van der Waals surface area contributed by atoms with Gasteiger partial charge in [0.1, 0.15) is 17.4 Å². The summed E-state index contributed by atoms with van der Waals surface area (Å²) in [5.41, 5.74) is 11.6. The lowest BCUT2D eigenvalue weighted by Gasteiger charge is -2.43. The van der Waals surface area contributed by atoms with Gasteiger partial charge in [0.05, 0.1) is 18.2 Å². The minimum atomic E-state index is -0.756. The van der Waals surface area contributed by atoms with Gasteiger partial charge in [-0.25, -0.2) is 9.38 Å². The van der Waals surface area contributed by atoms with Gasteiger partial charge in [0, 0.05) is 44.2 Å². The molecular weight excluding hydrogens is 413 g/mol. The number of nitrogens with one attached hydrogen (secondary N) is 3. The standard InChI is InChI=1S/C22H30FN7O2/c1-32-18-3-2-10-27-21(18)30-11-8-22(14-24,9-12-30)28-13-17(20(26)31)19(25)29-16-6-4-15(23)5-7-16/h4-7,10,13,28H,2-3,8-9,11-12,14,24H2,1H3,(H2,25,29)(H2,26,31)/b17-13+. The number of amides is 1. The van der Waals surface area contributed by atoms with Crippen LogP contribution in [0.15, 0.2) is 52.6 Å². The van der Waals surface area contributed by atoms with E-state index < -0.39 is 17.3 Å². The van der Waals surface area contributed by atoms with Gasteiger partial charge in [-0.15, -0.1) is 0 Å². The average Bonchev–Trinajstić information content (AvgIpc) is 2.81. The molecule has 3 rings (SSSR count). The molecule has 9 nitrogen and oxygen atoms in total. The molecule has 7 N–H and O–H groups in total. The Balaban J connectivity index is 1.68. The van der Waals surface area contributed by atoms with Crippen molar-refractivity contribution in [2.24, 2.45) is 16.5 Å². The van der Waals surface area contributed by atoms with Crippen LogP contribution in [-0.4, -0.2) is 55.1 Å². The number of likely N-dealkylation sites (tertiary alicyclic amines) is 1. The summed E-state index contributed by atoms with van der Waals surface area (Å²) in [6, 6.07) is 5.48. The molecule has 1 aromatic carbocycles. The Kier molecular flexibility index (Phi) is 7.47. The zero-order valence-electron chi connectivity index (χ0n) is 18.2. The second kappa shape index (κ2) is 10.3. The van der Waals surface area contributed by atoms with Crippen molar-refractivity contribution < 1.29 is 13.9 Å². The van der Waals surface area contributed by atoms with Gasteiger partial charge in [-0.2, -0.15) is 0 Å². The number of ether oxygens (including phenoxy) is 1. The van der Waals surface area contributed by atoms with Crippen molar-refractivity contribution in [1.82, 2.24) is 10.2 Å². The molecular formula is C22H30FN7O2. The van der Waals surface area contributed by atoms with Crippen molar-refractivity contribution >= 4 is 23.6 Å². The molecule has 0 radical (unpaired) electrons. The number of nitrogens with two attached hydrogens (primary N) is 2. The van der Waals surface area contributed by atoms with Gasteiger partial charge in [-0.3, -0.25) is 10.2 Å². The van der Waals surface area contributed by atoms with Gasteiger partial charge < -0.3 is 31.7 Å². The molecule has 2 aliphatic heterocycles. The minimum Gasteiger partial charge on any atom is -0.497 e. The predicted molar refractivity (Wildman–Crippen MR) is 123 cm³/mol. The highest BCUT2D eigenvalue weighted by atomic mass is 19.1. The van der Waals surface area contributed by atoms with Gasteiger partial charge in [0.15, 0.2) is 5.82 Å². The molecule has 0 unspecified atom stereocenters. The fourth-order valence-electron chi connectivity index (χ4n) is 3.77. The van der Waals surface area contributed by atoms with E-state index in [1.165, 1.54) is 30.5 Å². The number of methoxy groups -OCH3 is 1. The van der Waals surface area contributed by atoms with E-state index in [0.717, 1.165) is 37.5 Å². The zero-order valence-corrected chi connectivity index (χ0v) is 18.2. The van der Waals surface area contributed by atoms with E-state index in [2.05, 4.69) is 20.5 Å². The summed E-state index contributed by atoms with van der Waals surface area (Å²) < 4.78 is 18.6. The fourth-order valence-corrected chi connectivity index (χ4v) is 3.77. The Morgan fingerprint density at radius 2 is 2.03 bits per heavy atom. The number of hydrogen-bond acceptors (Lipinski definition) is 7. The molecule has 32 heavy (non-hydrogen) atoms. The van der Waals surface area contributed by atoms with E-state index in [9.17, 15) is 9.18 Å². The Morgan fingerprint density at radius 3 is 2.62 bits per heavy atom. The fraction of sp³-hybridized carbons (Fsp3) is 0.409. The van der Waals surface area contributed by atoms with Crippen LogP contribution in [0.3, 0.4) is 0 Å². The molecule has 0 aromatic heterocycles. The number of benzene rings is 1. The Bertz CT molecular complexity index is 932. The highest BCUT2D eigenvalue weighted by Gasteiger charge is 2.34. The molecule has 0 spiro atoms. The number of aliphatic imine (C=N–C) groups is 1. The van der Waals surface area contributed by atoms with Gasteiger partial charge in [0.25, 0.3) is 5.91 Å². The SMILES string of the molecule is COC1=C(N2CCC(CN)(N/C=C(\C(=N)Nc3ccc(F)cc3)C(N)=O)CC2)N=CCC1. The molecule has 0 saturated carbocycles. The third-order valence-electron chi connectivity index (χ3n) is 5.79. The van der Waals surface area contributed by atoms with Gasteiger partial charge in [-0.05, 0) is 43.5 Å². The van der Waals surface area contributed by atoms with Crippen molar-refractivity contribution in [1.29, 1.82) is 5.41 Å². The van der Waals surface area contributed by atoms with E-state index in [-0.39, 0.29) is 11.4 Å². The third kappa shape index (κ3) is 5.44. The normalized spacial score (nSPS) is 18.3. The molecule has 10 heteroatoms. The topological polar surface area (TPSA) is 142 Å². The minimum absolute atomic E-state index is 0.0224. The lowest BCUT2D eigenvalue weighted by Crippen LogP contribution is -2.56. The van der Waals surface area contributed by atoms with Crippen LogP contribution in [0.25, 0.3) is 0 Å². The second-order valence-corrected chi connectivity index (χ2v) is 7.85. The zero-order chi connectivity index (χ0) is 23.1. The lowest BCUT2D eigenvalue weighted by molar-refractivity contribution is -0.114. The van der Waals surface area contributed by atoms with Crippen LogP contribution < -0.4 is 22.1 Å². The first kappa shape index (κ1) is 23.3. The monoisotopic (exact) mass is 443 g/mol. The average molecular weight is 444 g/mol. The lowest BCUT2D eigenvalue weighted by atomic mass is 9.87. The number of carbonyl (C=O) groups excluding carboxylic acids is 1. The van der Waals surface area contributed by atoms with Crippen LogP contribution in [-0.2, 0) is 9.53 Å². The summed E-state index contributed by atoms with van der Waals surface area (Å²) in [5, 5.41) is 14.2. The first-order valence-electron chi connectivity index (χ1n) is 10.5. The van der Waals surface area contributed by atoms with Crippen molar-refractivity contribution in [3.8, 4) is 0 Å². The van der Waals surface area contributed by atoms with Gasteiger partial charge in [-0.1, -0.05) is 0 Å². The molecule has 1 fully saturated rings. The van der Waals surface area contributed by atoms with Crippen LogP contribution in [0.2, 0.25) is 0 Å². The molecule has 0 aliphatic carbocycles. The molecule has 2 heterocycles. The number of anilines is 1. The highest BCUT2D eigenvalue weighted by Crippen LogP contribution is 2.28. The number of rotatable bonds is 8. The number of primary amides is 1. The maximum atomic E-state index is 13.1. The number of nitrogens with zero attached hydrogens (tertiary/aromatic N) is 2. The van der Waals surface area contributed by atoms with E-state index in [1.807, 2.05) is 6.21 Å². The number of halogens is 1. The Labute approximate surface area is 186 Å². The van der Waals surface area contributed by atoms with E-state index in [4.69, 9.17) is 21.6 Å². The molecule has 1 aromatic rings. The summed E-state index contributed by atoms with van der Waals surface area (Å²) in [7, 11) is 1.66. The van der Waals surface area contributed by atoms with Crippen LogP contribution in [0.5, 0.6) is 0 Å². The second-order valence-electron chi connectivity index (χ2n) is 7.85. The smallest absolute Gasteiger partial charge is 0.253 e. The maximum absolute atomic E-state index is 13.1. The first-order valence-corrected chi connectivity index (χ1v) is 10.5. The highest BCUT2D eigenvalue weighted by molar-refractivity contribution is 6.23. The van der Waals surface area contributed by atoms with E-state index in [1.54, 1.807) is 7.11 Å². The summed E-state index contributed by atoms with van der Waals surface area (Å²) in [6.45, 7) is 1.78. The Hall–Kier alpha value is -3.40. The number of hydrogen-bond donors (Lipinski definition) is 5. The molecule has 2 aliphatic rings. The van der Waals surface area contributed by atoms with Crippen LogP contribution >= 0.6 is 0 Å². The first-order chi connectivity index (χ1) is 15.4. The predicted octanol–water partition coefficient (Wildman–Crippen LogP) is 1.65. The van der Waals surface area contributed by atoms with Crippen molar-refractivity contribution in [3.63, 3.8) is 0 Å². The summed E-state index contributed by atoms with van der Waals surface area (Å²) in [4.78, 5) is 18.7. The van der Waals surface area contributed by atoms with E-state index >= 15 is 0 Å². The summed E-state index contributed by atoms with van der Waals surface area (Å²) in [6.07, 6.45) is 6.47. The van der Waals surface area contributed by atoms with Crippen LogP contribution in [0.1, 0.15) is 25.7 Å². The van der Waals surface area contributed by atoms with Gasteiger partial charge in [0.2, 0.25) is 0 Å². The van der Waals surface area contributed by atoms with E-state index in [0.29, 0.717) is 25.1 Å². The largest absolute Gasteiger partial charge is 0.497 e. The number of piperidine rings is 1. The van der Waals surface area contributed by atoms with Crippen LogP contribution in [0, 0.1) is 11.2 Å².